The van der Waals surface area contributed by atoms with Crippen LogP contribution in [0.3, 0.4) is 0 Å². The molecule has 150 valence electrons. The zero-order valence-corrected chi connectivity index (χ0v) is 16.2. The van der Waals surface area contributed by atoms with Crippen LogP contribution in [0.1, 0.15) is 30.9 Å². The lowest BCUT2D eigenvalue weighted by molar-refractivity contribution is -0.149. The van der Waals surface area contributed by atoms with Gasteiger partial charge in [-0.2, -0.15) is 5.10 Å². The van der Waals surface area contributed by atoms with Crippen molar-refractivity contribution >= 4 is 11.9 Å². The van der Waals surface area contributed by atoms with Crippen LogP contribution < -0.4 is 5.73 Å². The van der Waals surface area contributed by atoms with Crippen LogP contribution in [-0.4, -0.2) is 88.9 Å². The molecule has 3 rings (SSSR count). The molecule has 3 amide bonds. The first-order valence-electron chi connectivity index (χ1n) is 9.58. The summed E-state index contributed by atoms with van der Waals surface area (Å²) in [6.07, 6.45) is 7.29. The number of morpholine rings is 1. The van der Waals surface area contributed by atoms with Crippen molar-refractivity contribution in [3.8, 4) is 0 Å². The van der Waals surface area contributed by atoms with E-state index in [0.717, 1.165) is 25.2 Å². The lowest BCUT2D eigenvalue weighted by atomic mass is 9.99. The fraction of sp³-hybridized carbons (Fsp3) is 0.722. The Morgan fingerprint density at radius 2 is 2.04 bits per heavy atom. The number of nitrogens with zero attached hydrogens (tertiary/aromatic N) is 5. The molecule has 0 bridgehead atoms. The van der Waals surface area contributed by atoms with Crippen LogP contribution in [-0.2, 0) is 16.6 Å². The molecule has 2 aliphatic heterocycles. The lowest BCUT2D eigenvalue weighted by Crippen LogP contribution is -2.54. The number of aromatic nitrogens is 2. The van der Waals surface area contributed by atoms with E-state index < -0.39 is 6.03 Å². The van der Waals surface area contributed by atoms with Crippen molar-refractivity contribution < 1.29 is 14.3 Å². The summed E-state index contributed by atoms with van der Waals surface area (Å²) in [5, 5.41) is 4.28. The van der Waals surface area contributed by atoms with E-state index in [1.54, 1.807) is 10.9 Å². The lowest BCUT2D eigenvalue weighted by Gasteiger charge is -2.43. The van der Waals surface area contributed by atoms with E-state index in [1.807, 2.05) is 18.1 Å². The quantitative estimate of drug-likeness (QED) is 0.789. The van der Waals surface area contributed by atoms with Crippen molar-refractivity contribution in [1.29, 1.82) is 0 Å². The van der Waals surface area contributed by atoms with E-state index in [0.29, 0.717) is 13.2 Å². The van der Waals surface area contributed by atoms with Gasteiger partial charge in [0, 0.05) is 38.9 Å². The number of nitrogens with two attached hydrogens (primary N) is 1. The number of likely N-dealkylation sites (tertiary alicyclic amines) is 1. The number of rotatable bonds is 5. The minimum atomic E-state index is -0.612. The first kappa shape index (κ1) is 19.6. The third-order valence-corrected chi connectivity index (χ3v) is 5.37. The highest BCUT2D eigenvalue weighted by molar-refractivity contribution is 5.83. The van der Waals surface area contributed by atoms with Gasteiger partial charge in [0.05, 0.1) is 24.9 Å². The van der Waals surface area contributed by atoms with Crippen molar-refractivity contribution in [3.05, 3.63) is 18.0 Å². The molecule has 9 heteroatoms. The highest BCUT2D eigenvalue weighted by Crippen LogP contribution is 2.30. The Balaban J connectivity index is 1.79. The molecule has 0 unspecified atom stereocenters. The number of hydrogen-bond donors (Lipinski definition) is 1. The molecule has 0 aromatic carbocycles. The molecular weight excluding hydrogens is 348 g/mol. The number of piperidine rings is 1. The monoisotopic (exact) mass is 378 g/mol. The maximum absolute atomic E-state index is 12.9. The predicted octanol–water partition coefficient (Wildman–Crippen LogP) is 0.185. The van der Waals surface area contributed by atoms with Crippen molar-refractivity contribution in [2.24, 2.45) is 12.8 Å². The van der Waals surface area contributed by atoms with Gasteiger partial charge in [0.1, 0.15) is 6.54 Å². The van der Waals surface area contributed by atoms with E-state index >= 15 is 0 Å². The third-order valence-electron chi connectivity index (χ3n) is 5.37. The summed E-state index contributed by atoms with van der Waals surface area (Å²) in [4.78, 5) is 29.7. The number of amides is 3. The molecule has 1 aromatic rings. The zero-order chi connectivity index (χ0) is 19.4. The van der Waals surface area contributed by atoms with Gasteiger partial charge >= 0.3 is 6.03 Å². The Bertz CT molecular complexity index is 657. The normalized spacial score (nSPS) is 24.0. The van der Waals surface area contributed by atoms with E-state index in [1.165, 1.54) is 31.2 Å². The minimum Gasteiger partial charge on any atom is -0.373 e. The van der Waals surface area contributed by atoms with Crippen molar-refractivity contribution in [1.82, 2.24) is 24.5 Å². The zero-order valence-electron chi connectivity index (χ0n) is 16.2. The topological polar surface area (TPSA) is 96.9 Å². The molecule has 0 spiro atoms. The summed E-state index contributed by atoms with van der Waals surface area (Å²) in [6.45, 7) is 3.86. The summed E-state index contributed by atoms with van der Waals surface area (Å²) >= 11 is 0. The average Bonchev–Trinajstić information content (AvgIpc) is 3.08. The van der Waals surface area contributed by atoms with Gasteiger partial charge in [-0.25, -0.2) is 4.79 Å². The smallest absolute Gasteiger partial charge is 0.314 e. The molecular formula is C18H30N6O3. The number of urea groups is 1. The molecule has 2 saturated heterocycles. The number of ether oxygens (including phenoxy) is 1. The van der Waals surface area contributed by atoms with Gasteiger partial charge in [0.25, 0.3) is 0 Å². The summed E-state index contributed by atoms with van der Waals surface area (Å²) < 4.78 is 7.85. The van der Waals surface area contributed by atoms with Crippen molar-refractivity contribution in [3.63, 3.8) is 0 Å². The largest absolute Gasteiger partial charge is 0.373 e. The second kappa shape index (κ2) is 8.71. The van der Waals surface area contributed by atoms with Gasteiger partial charge in [0.2, 0.25) is 5.91 Å². The Morgan fingerprint density at radius 3 is 2.67 bits per heavy atom. The summed E-state index contributed by atoms with van der Waals surface area (Å²) in [5.41, 5.74) is 6.24. The Hall–Kier alpha value is -2.13. The molecule has 0 saturated carbocycles. The van der Waals surface area contributed by atoms with Crippen LogP contribution in [0.4, 0.5) is 4.79 Å². The molecule has 3 heterocycles. The Labute approximate surface area is 160 Å². The third kappa shape index (κ3) is 4.78. The maximum atomic E-state index is 12.9. The molecule has 1 aromatic heterocycles. The highest BCUT2D eigenvalue weighted by atomic mass is 16.5. The van der Waals surface area contributed by atoms with E-state index in [4.69, 9.17) is 10.5 Å². The molecule has 0 aliphatic carbocycles. The van der Waals surface area contributed by atoms with Crippen LogP contribution in [0.15, 0.2) is 12.4 Å². The number of aryl methyl sites for hydroxylation is 1. The number of hydrogen-bond acceptors (Lipinski definition) is 5. The highest BCUT2D eigenvalue weighted by Gasteiger charge is 2.38. The summed E-state index contributed by atoms with van der Waals surface area (Å²) in [7, 11) is 3.39. The van der Waals surface area contributed by atoms with Crippen molar-refractivity contribution in [2.45, 2.75) is 31.4 Å². The van der Waals surface area contributed by atoms with Crippen LogP contribution in [0.25, 0.3) is 0 Å². The number of carbonyl (C=O) groups is 2. The van der Waals surface area contributed by atoms with Crippen molar-refractivity contribution in [2.75, 3.05) is 46.4 Å². The van der Waals surface area contributed by atoms with E-state index in [9.17, 15) is 9.59 Å². The number of likely N-dealkylation sites (N-methyl/N-ethyl adjacent to an activating group) is 1. The average molecular weight is 378 g/mol. The summed E-state index contributed by atoms with van der Waals surface area (Å²) in [5.74, 6) is -0.128. The second-order valence-electron chi connectivity index (χ2n) is 7.44. The predicted molar refractivity (Wildman–Crippen MR) is 99.9 cm³/mol. The maximum Gasteiger partial charge on any atom is 0.314 e. The first-order chi connectivity index (χ1) is 13.0. The first-order valence-corrected chi connectivity index (χ1v) is 9.58. The standard InChI is InChI=1S/C18H30N6O3/c1-21(18(19)26)13-16(25)24-8-9-27-15(12-23-6-4-3-5-7-23)17(24)14-10-20-22(2)11-14/h10-11,15,17H,3-9,12-13H2,1-2H3,(H2,19,26)/t15-,17-/m0/s1. The number of primary amides is 1. The Morgan fingerprint density at radius 1 is 1.30 bits per heavy atom. The molecule has 9 nitrogen and oxygen atoms in total. The Kier molecular flexibility index (Phi) is 6.33. The molecule has 0 radical (unpaired) electrons. The van der Waals surface area contributed by atoms with Gasteiger partial charge in [-0.15, -0.1) is 0 Å². The van der Waals surface area contributed by atoms with Crippen LogP contribution in [0.5, 0.6) is 0 Å². The second-order valence-corrected chi connectivity index (χ2v) is 7.44. The summed E-state index contributed by atoms with van der Waals surface area (Å²) in [6, 6.07) is -0.831. The fourth-order valence-electron chi connectivity index (χ4n) is 3.92. The number of carbonyl (C=O) groups excluding carboxylic acids is 2. The molecule has 2 N–H and O–H groups in total. The van der Waals surface area contributed by atoms with Crippen LogP contribution in [0, 0.1) is 0 Å². The van der Waals surface area contributed by atoms with Gasteiger partial charge in [-0.05, 0) is 25.9 Å². The molecule has 2 fully saturated rings. The van der Waals surface area contributed by atoms with E-state index in [-0.39, 0.29) is 24.6 Å². The van der Waals surface area contributed by atoms with Gasteiger partial charge in [-0.3, -0.25) is 9.48 Å². The SMILES string of the molecule is CN(CC(=O)N1CCO[C@@H](CN2CCCCC2)[C@@H]1c1cnn(C)c1)C(N)=O. The van der Waals surface area contributed by atoms with Crippen LogP contribution in [0.2, 0.25) is 0 Å². The van der Waals surface area contributed by atoms with Crippen LogP contribution >= 0.6 is 0 Å². The van der Waals surface area contributed by atoms with Gasteiger partial charge in [-0.1, -0.05) is 6.42 Å². The fourth-order valence-corrected chi connectivity index (χ4v) is 3.92. The molecule has 2 atom stereocenters. The van der Waals surface area contributed by atoms with Gasteiger partial charge < -0.3 is 25.2 Å². The van der Waals surface area contributed by atoms with Gasteiger partial charge in [0.15, 0.2) is 0 Å². The molecule has 27 heavy (non-hydrogen) atoms. The molecule has 2 aliphatic rings. The minimum absolute atomic E-state index is 0.0392. The van der Waals surface area contributed by atoms with E-state index in [2.05, 4.69) is 10.00 Å².